The Hall–Kier alpha value is -2.82. The molecule has 0 radical (unpaired) electrons. The van der Waals surface area contributed by atoms with E-state index in [1.807, 2.05) is 36.4 Å². The second-order valence-corrected chi connectivity index (χ2v) is 7.30. The van der Waals surface area contributed by atoms with Gasteiger partial charge in [-0.1, -0.05) is 48.5 Å². The quantitative estimate of drug-likeness (QED) is 0.889. The van der Waals surface area contributed by atoms with Crippen LogP contribution in [0.2, 0.25) is 0 Å². The SMILES string of the molecule is O=C1C[C@@H](Cc2ccccc2)NC(=O)N1CCN1CCCc2ccccc21. The van der Waals surface area contributed by atoms with Crippen LogP contribution >= 0.6 is 0 Å². The van der Waals surface area contributed by atoms with E-state index in [-0.39, 0.29) is 18.0 Å². The first kappa shape index (κ1) is 17.6. The fourth-order valence-electron chi connectivity index (χ4n) is 4.05. The number of urea groups is 1. The second kappa shape index (κ2) is 7.82. The zero-order valence-corrected chi connectivity index (χ0v) is 15.4. The lowest BCUT2D eigenvalue weighted by molar-refractivity contribution is -0.130. The number of benzene rings is 2. The van der Waals surface area contributed by atoms with E-state index in [1.165, 1.54) is 16.2 Å². The summed E-state index contributed by atoms with van der Waals surface area (Å²) >= 11 is 0. The highest BCUT2D eigenvalue weighted by Crippen LogP contribution is 2.26. The molecule has 140 valence electrons. The predicted octanol–water partition coefficient (Wildman–Crippen LogP) is 2.99. The number of hydrogen-bond donors (Lipinski definition) is 1. The zero-order chi connectivity index (χ0) is 18.6. The van der Waals surface area contributed by atoms with E-state index < -0.39 is 0 Å². The van der Waals surface area contributed by atoms with Gasteiger partial charge in [-0.15, -0.1) is 0 Å². The largest absolute Gasteiger partial charge is 0.370 e. The molecule has 1 atom stereocenters. The molecule has 0 unspecified atom stereocenters. The van der Waals surface area contributed by atoms with Crippen LogP contribution < -0.4 is 10.2 Å². The first-order valence-corrected chi connectivity index (χ1v) is 9.68. The molecule has 2 aromatic rings. The van der Waals surface area contributed by atoms with Gasteiger partial charge >= 0.3 is 6.03 Å². The number of nitrogens with zero attached hydrogens (tertiary/aromatic N) is 2. The third kappa shape index (κ3) is 3.97. The summed E-state index contributed by atoms with van der Waals surface area (Å²) in [5.74, 6) is -0.0787. The van der Waals surface area contributed by atoms with E-state index in [0.717, 1.165) is 24.9 Å². The predicted molar refractivity (Wildman–Crippen MR) is 106 cm³/mol. The topological polar surface area (TPSA) is 52.7 Å². The van der Waals surface area contributed by atoms with Gasteiger partial charge in [0.25, 0.3) is 0 Å². The second-order valence-electron chi connectivity index (χ2n) is 7.30. The molecular weight excluding hydrogens is 338 g/mol. The number of amides is 3. The van der Waals surface area contributed by atoms with Crippen molar-refractivity contribution < 1.29 is 9.59 Å². The number of rotatable bonds is 5. The highest BCUT2D eigenvalue weighted by Gasteiger charge is 2.32. The average molecular weight is 363 g/mol. The monoisotopic (exact) mass is 363 g/mol. The molecule has 4 rings (SSSR count). The van der Waals surface area contributed by atoms with Crippen molar-refractivity contribution in [2.24, 2.45) is 0 Å². The number of para-hydroxylation sites is 1. The van der Waals surface area contributed by atoms with Crippen molar-refractivity contribution in [1.82, 2.24) is 10.2 Å². The Bertz CT molecular complexity index is 803. The first-order chi connectivity index (χ1) is 13.2. The van der Waals surface area contributed by atoms with Crippen LogP contribution in [0, 0.1) is 0 Å². The van der Waals surface area contributed by atoms with Crippen LogP contribution in [0.5, 0.6) is 0 Å². The van der Waals surface area contributed by atoms with Crippen molar-refractivity contribution in [2.45, 2.75) is 31.7 Å². The van der Waals surface area contributed by atoms with Gasteiger partial charge in [-0.2, -0.15) is 0 Å². The molecule has 0 saturated carbocycles. The Morgan fingerprint density at radius 3 is 2.56 bits per heavy atom. The summed E-state index contributed by atoms with van der Waals surface area (Å²) in [6.07, 6.45) is 3.25. The van der Waals surface area contributed by atoms with E-state index in [0.29, 0.717) is 25.9 Å². The number of aryl methyl sites for hydroxylation is 1. The van der Waals surface area contributed by atoms with Crippen LogP contribution in [0.4, 0.5) is 10.5 Å². The number of imide groups is 1. The number of carbonyl (C=O) groups excluding carboxylic acids is 2. The summed E-state index contributed by atoms with van der Waals surface area (Å²) in [7, 11) is 0. The summed E-state index contributed by atoms with van der Waals surface area (Å²) < 4.78 is 0. The maximum Gasteiger partial charge on any atom is 0.324 e. The van der Waals surface area contributed by atoms with Crippen LogP contribution in [0.25, 0.3) is 0 Å². The normalized spacial score (nSPS) is 19.6. The minimum atomic E-state index is -0.266. The van der Waals surface area contributed by atoms with Crippen LogP contribution in [-0.4, -0.2) is 42.5 Å². The van der Waals surface area contributed by atoms with Gasteiger partial charge in [0.2, 0.25) is 5.91 Å². The van der Waals surface area contributed by atoms with Gasteiger partial charge in [-0.25, -0.2) is 4.79 Å². The van der Waals surface area contributed by atoms with E-state index in [1.54, 1.807) is 0 Å². The highest BCUT2D eigenvalue weighted by atomic mass is 16.2. The van der Waals surface area contributed by atoms with Gasteiger partial charge < -0.3 is 10.2 Å². The van der Waals surface area contributed by atoms with E-state index in [4.69, 9.17) is 0 Å². The molecule has 3 amide bonds. The summed E-state index contributed by atoms with van der Waals surface area (Å²) in [6.45, 7) is 2.08. The van der Waals surface area contributed by atoms with Gasteiger partial charge in [0.1, 0.15) is 0 Å². The molecule has 2 aliphatic heterocycles. The fourth-order valence-corrected chi connectivity index (χ4v) is 4.05. The maximum atomic E-state index is 12.6. The van der Waals surface area contributed by atoms with Gasteiger partial charge in [-0.05, 0) is 36.5 Å². The number of fused-ring (bicyclic) bond motifs is 1. The molecule has 1 N–H and O–H groups in total. The Labute approximate surface area is 160 Å². The summed E-state index contributed by atoms with van der Waals surface area (Å²) in [6, 6.07) is 18.0. The standard InChI is InChI=1S/C22H25N3O2/c26-21-16-19(15-17-7-2-1-3-8-17)23-22(27)25(21)14-13-24-12-6-10-18-9-4-5-11-20(18)24/h1-5,7-9,11,19H,6,10,12-16H2,(H,23,27)/t19-/m1/s1. The smallest absolute Gasteiger partial charge is 0.324 e. The maximum absolute atomic E-state index is 12.6. The minimum Gasteiger partial charge on any atom is -0.370 e. The van der Waals surface area contributed by atoms with Crippen molar-refractivity contribution in [3.8, 4) is 0 Å². The number of nitrogens with one attached hydrogen (secondary N) is 1. The molecule has 1 saturated heterocycles. The summed E-state index contributed by atoms with van der Waals surface area (Å²) in [5, 5.41) is 3.00. The van der Waals surface area contributed by atoms with Gasteiger partial charge in [0, 0.05) is 37.8 Å². The van der Waals surface area contributed by atoms with Crippen LogP contribution in [0.1, 0.15) is 24.0 Å². The van der Waals surface area contributed by atoms with Crippen molar-refractivity contribution in [2.75, 3.05) is 24.5 Å². The summed E-state index contributed by atoms with van der Waals surface area (Å²) in [5.41, 5.74) is 3.71. The molecule has 5 nitrogen and oxygen atoms in total. The van der Waals surface area contributed by atoms with Gasteiger partial charge in [0.05, 0.1) is 0 Å². The molecule has 0 bridgehead atoms. The van der Waals surface area contributed by atoms with Crippen molar-refractivity contribution >= 4 is 17.6 Å². The van der Waals surface area contributed by atoms with E-state index >= 15 is 0 Å². The number of anilines is 1. The molecule has 0 spiro atoms. The molecule has 2 aliphatic rings. The molecule has 0 aromatic heterocycles. The van der Waals surface area contributed by atoms with Crippen LogP contribution in [-0.2, 0) is 17.6 Å². The lowest BCUT2D eigenvalue weighted by atomic mass is 10.0. The lowest BCUT2D eigenvalue weighted by Gasteiger charge is -2.35. The van der Waals surface area contributed by atoms with Crippen molar-refractivity contribution in [3.05, 3.63) is 65.7 Å². The van der Waals surface area contributed by atoms with Gasteiger partial charge in [-0.3, -0.25) is 9.69 Å². The van der Waals surface area contributed by atoms with Crippen LogP contribution in [0.15, 0.2) is 54.6 Å². The first-order valence-electron chi connectivity index (χ1n) is 9.68. The third-order valence-electron chi connectivity index (χ3n) is 5.42. The molecule has 27 heavy (non-hydrogen) atoms. The van der Waals surface area contributed by atoms with Crippen molar-refractivity contribution in [3.63, 3.8) is 0 Å². The average Bonchev–Trinajstić information content (AvgIpc) is 2.68. The van der Waals surface area contributed by atoms with E-state index in [2.05, 4.69) is 28.4 Å². The fraction of sp³-hybridized carbons (Fsp3) is 0.364. The van der Waals surface area contributed by atoms with Crippen LogP contribution in [0.3, 0.4) is 0 Å². The Kier molecular flexibility index (Phi) is 5.10. The minimum absolute atomic E-state index is 0.0787. The molecule has 2 aromatic carbocycles. The van der Waals surface area contributed by atoms with Gasteiger partial charge in [0.15, 0.2) is 0 Å². The number of carbonyl (C=O) groups is 2. The molecule has 1 fully saturated rings. The Balaban J connectivity index is 1.36. The molecule has 0 aliphatic carbocycles. The molecular formula is C22H25N3O2. The Morgan fingerprint density at radius 2 is 1.74 bits per heavy atom. The summed E-state index contributed by atoms with van der Waals surface area (Å²) in [4.78, 5) is 28.7. The van der Waals surface area contributed by atoms with Crippen molar-refractivity contribution in [1.29, 1.82) is 0 Å². The van der Waals surface area contributed by atoms with E-state index in [9.17, 15) is 9.59 Å². The third-order valence-corrected chi connectivity index (χ3v) is 5.42. The molecule has 2 heterocycles. The zero-order valence-electron chi connectivity index (χ0n) is 15.4. The Morgan fingerprint density at radius 1 is 0.963 bits per heavy atom. The number of hydrogen-bond acceptors (Lipinski definition) is 3. The lowest BCUT2D eigenvalue weighted by Crippen LogP contribution is -2.56. The highest BCUT2D eigenvalue weighted by molar-refractivity contribution is 5.97. The molecule has 5 heteroatoms.